The standard InChI is InChI=1S/C14H30N2O2/c1-5-13(6-2)16-14(17)10-15-8-7-9-18-11-12(3)4/h12-13,15H,5-11H2,1-4H3,(H,16,17). The Hall–Kier alpha value is -0.610. The zero-order chi connectivity index (χ0) is 13.8. The van der Waals surface area contributed by atoms with Gasteiger partial charge in [0.25, 0.3) is 0 Å². The number of amides is 1. The maximum Gasteiger partial charge on any atom is 0.234 e. The first-order valence-electron chi connectivity index (χ1n) is 7.17. The molecular formula is C14H30N2O2. The highest BCUT2D eigenvalue weighted by Crippen LogP contribution is 1.95. The summed E-state index contributed by atoms with van der Waals surface area (Å²) in [5, 5.41) is 6.14. The van der Waals surface area contributed by atoms with Crippen molar-refractivity contribution in [3.63, 3.8) is 0 Å². The van der Waals surface area contributed by atoms with Gasteiger partial charge in [-0.3, -0.25) is 4.79 Å². The van der Waals surface area contributed by atoms with E-state index in [0.717, 1.165) is 39.0 Å². The van der Waals surface area contributed by atoms with E-state index in [0.29, 0.717) is 18.5 Å². The zero-order valence-corrected chi connectivity index (χ0v) is 12.4. The predicted octanol–water partition coefficient (Wildman–Crippen LogP) is 1.94. The van der Waals surface area contributed by atoms with Crippen molar-refractivity contribution in [2.24, 2.45) is 5.92 Å². The van der Waals surface area contributed by atoms with E-state index in [-0.39, 0.29) is 5.91 Å². The van der Waals surface area contributed by atoms with Crippen molar-refractivity contribution in [2.75, 3.05) is 26.3 Å². The molecule has 4 nitrogen and oxygen atoms in total. The molecule has 0 atom stereocenters. The van der Waals surface area contributed by atoms with E-state index in [1.165, 1.54) is 0 Å². The van der Waals surface area contributed by atoms with Crippen molar-refractivity contribution in [1.82, 2.24) is 10.6 Å². The Bertz CT molecular complexity index is 204. The first kappa shape index (κ1) is 17.4. The van der Waals surface area contributed by atoms with E-state index in [1.54, 1.807) is 0 Å². The average Bonchev–Trinajstić information content (AvgIpc) is 2.34. The number of carbonyl (C=O) groups excluding carboxylic acids is 1. The third kappa shape index (κ3) is 10.5. The molecule has 0 aromatic heterocycles. The normalized spacial score (nSPS) is 11.2. The predicted molar refractivity (Wildman–Crippen MR) is 75.7 cm³/mol. The molecule has 0 aliphatic heterocycles. The van der Waals surface area contributed by atoms with E-state index < -0.39 is 0 Å². The summed E-state index contributed by atoms with van der Waals surface area (Å²) in [5.41, 5.74) is 0. The summed E-state index contributed by atoms with van der Waals surface area (Å²) in [6, 6.07) is 0.314. The molecule has 0 unspecified atom stereocenters. The van der Waals surface area contributed by atoms with Gasteiger partial charge in [-0.1, -0.05) is 27.7 Å². The third-order valence-corrected chi connectivity index (χ3v) is 2.73. The summed E-state index contributed by atoms with van der Waals surface area (Å²) in [5.74, 6) is 0.676. The molecule has 0 aliphatic carbocycles. The van der Waals surface area contributed by atoms with Gasteiger partial charge in [0.2, 0.25) is 5.91 Å². The van der Waals surface area contributed by atoms with Crippen molar-refractivity contribution in [2.45, 2.75) is 53.0 Å². The molecule has 0 rings (SSSR count). The topological polar surface area (TPSA) is 50.4 Å². The second kappa shape index (κ2) is 11.5. The van der Waals surface area contributed by atoms with E-state index in [2.05, 4.69) is 38.3 Å². The molecule has 1 amide bonds. The lowest BCUT2D eigenvalue weighted by Crippen LogP contribution is -2.40. The van der Waals surface area contributed by atoms with Crippen LogP contribution >= 0.6 is 0 Å². The molecule has 18 heavy (non-hydrogen) atoms. The maximum absolute atomic E-state index is 11.5. The van der Waals surface area contributed by atoms with Gasteiger partial charge in [-0.15, -0.1) is 0 Å². The second-order valence-electron chi connectivity index (χ2n) is 5.08. The van der Waals surface area contributed by atoms with Crippen LogP contribution in [0.25, 0.3) is 0 Å². The highest BCUT2D eigenvalue weighted by atomic mass is 16.5. The summed E-state index contributed by atoms with van der Waals surface area (Å²) < 4.78 is 5.46. The highest BCUT2D eigenvalue weighted by molar-refractivity contribution is 5.78. The molecule has 0 aromatic carbocycles. The first-order valence-corrected chi connectivity index (χ1v) is 7.17. The van der Waals surface area contributed by atoms with Crippen molar-refractivity contribution >= 4 is 5.91 Å². The molecule has 2 N–H and O–H groups in total. The first-order chi connectivity index (χ1) is 8.60. The van der Waals surface area contributed by atoms with E-state index in [4.69, 9.17) is 4.74 Å². The molecule has 108 valence electrons. The van der Waals surface area contributed by atoms with Gasteiger partial charge in [0, 0.05) is 19.3 Å². The van der Waals surface area contributed by atoms with Crippen molar-refractivity contribution in [3.8, 4) is 0 Å². The number of hydrogen-bond acceptors (Lipinski definition) is 3. The quantitative estimate of drug-likeness (QED) is 0.557. The lowest BCUT2D eigenvalue weighted by Gasteiger charge is -2.14. The molecule has 0 saturated carbocycles. The van der Waals surface area contributed by atoms with Crippen LogP contribution in [0.5, 0.6) is 0 Å². The van der Waals surface area contributed by atoms with Crippen LogP contribution in [-0.2, 0) is 9.53 Å². The van der Waals surface area contributed by atoms with Crippen LogP contribution in [0.2, 0.25) is 0 Å². The third-order valence-electron chi connectivity index (χ3n) is 2.73. The average molecular weight is 258 g/mol. The largest absolute Gasteiger partial charge is 0.381 e. The Morgan fingerprint density at radius 3 is 2.44 bits per heavy atom. The number of nitrogens with one attached hydrogen (secondary N) is 2. The molecule has 0 fully saturated rings. The van der Waals surface area contributed by atoms with Gasteiger partial charge < -0.3 is 15.4 Å². The van der Waals surface area contributed by atoms with Crippen LogP contribution in [0.1, 0.15) is 47.0 Å². The van der Waals surface area contributed by atoms with Crippen LogP contribution in [-0.4, -0.2) is 38.3 Å². The molecular weight excluding hydrogens is 228 g/mol. The number of carbonyl (C=O) groups is 1. The fraction of sp³-hybridized carbons (Fsp3) is 0.929. The number of ether oxygens (including phenoxy) is 1. The summed E-state index contributed by atoms with van der Waals surface area (Å²) >= 11 is 0. The summed E-state index contributed by atoms with van der Waals surface area (Å²) in [4.78, 5) is 11.5. The fourth-order valence-corrected chi connectivity index (χ4v) is 1.59. The Labute approximate surface area is 112 Å². The Kier molecular flexibility index (Phi) is 11.1. The SMILES string of the molecule is CCC(CC)NC(=O)CNCCCOCC(C)C. The molecule has 0 spiro atoms. The Balaban J connectivity index is 3.35. The molecule has 0 bridgehead atoms. The van der Waals surface area contributed by atoms with Crippen LogP contribution in [0.3, 0.4) is 0 Å². The van der Waals surface area contributed by atoms with Gasteiger partial charge >= 0.3 is 0 Å². The number of hydrogen-bond donors (Lipinski definition) is 2. The van der Waals surface area contributed by atoms with E-state index in [9.17, 15) is 4.79 Å². The summed E-state index contributed by atoms with van der Waals surface area (Å²) in [6.45, 7) is 11.3. The lowest BCUT2D eigenvalue weighted by atomic mass is 10.2. The van der Waals surface area contributed by atoms with Crippen molar-refractivity contribution < 1.29 is 9.53 Å². The Morgan fingerprint density at radius 2 is 1.89 bits per heavy atom. The van der Waals surface area contributed by atoms with Gasteiger partial charge in [0.05, 0.1) is 6.54 Å². The van der Waals surface area contributed by atoms with E-state index in [1.807, 2.05) is 0 Å². The second-order valence-corrected chi connectivity index (χ2v) is 5.08. The minimum atomic E-state index is 0.0896. The lowest BCUT2D eigenvalue weighted by molar-refractivity contribution is -0.121. The van der Waals surface area contributed by atoms with Gasteiger partial charge in [0.15, 0.2) is 0 Å². The maximum atomic E-state index is 11.5. The smallest absolute Gasteiger partial charge is 0.234 e. The molecule has 0 saturated heterocycles. The van der Waals surface area contributed by atoms with Gasteiger partial charge in [-0.25, -0.2) is 0 Å². The van der Waals surface area contributed by atoms with E-state index >= 15 is 0 Å². The molecule has 0 radical (unpaired) electrons. The van der Waals surface area contributed by atoms with Crippen LogP contribution in [0.15, 0.2) is 0 Å². The van der Waals surface area contributed by atoms with Crippen LogP contribution in [0, 0.1) is 5.92 Å². The molecule has 0 aliphatic rings. The minimum Gasteiger partial charge on any atom is -0.381 e. The van der Waals surface area contributed by atoms with Gasteiger partial charge in [0.1, 0.15) is 0 Å². The molecule has 4 heteroatoms. The van der Waals surface area contributed by atoms with Gasteiger partial charge in [-0.2, -0.15) is 0 Å². The summed E-state index contributed by atoms with van der Waals surface area (Å²) in [7, 11) is 0. The van der Waals surface area contributed by atoms with Crippen LogP contribution < -0.4 is 10.6 Å². The van der Waals surface area contributed by atoms with Gasteiger partial charge in [-0.05, 0) is 31.7 Å². The monoisotopic (exact) mass is 258 g/mol. The summed E-state index contributed by atoms with van der Waals surface area (Å²) in [6.07, 6.45) is 2.93. The van der Waals surface area contributed by atoms with Crippen molar-refractivity contribution in [1.29, 1.82) is 0 Å². The fourth-order valence-electron chi connectivity index (χ4n) is 1.59. The zero-order valence-electron chi connectivity index (χ0n) is 12.4. The molecule has 0 aromatic rings. The number of rotatable bonds is 11. The molecule has 0 heterocycles. The minimum absolute atomic E-state index is 0.0896. The van der Waals surface area contributed by atoms with Crippen molar-refractivity contribution in [3.05, 3.63) is 0 Å². The van der Waals surface area contributed by atoms with Crippen LogP contribution in [0.4, 0.5) is 0 Å². The Morgan fingerprint density at radius 1 is 1.22 bits per heavy atom. The highest BCUT2D eigenvalue weighted by Gasteiger charge is 2.06.